The van der Waals surface area contributed by atoms with E-state index in [-0.39, 0.29) is 23.8 Å². The van der Waals surface area contributed by atoms with Gasteiger partial charge in [-0.1, -0.05) is 362 Å². The Kier molecular flexibility index (Phi) is 75.7. The number of hydrogen-bond acceptors (Lipinski definition) is 8. The third-order valence-corrected chi connectivity index (χ3v) is 21.1. The summed E-state index contributed by atoms with van der Waals surface area (Å²) in [5, 5.41) is 6.13. The molecule has 0 aliphatic rings. The minimum Gasteiger partial charge on any atom is -0.466 e. The third-order valence-electron chi connectivity index (χ3n) is 21.1. The Balaban J connectivity index is 4.70. The van der Waals surface area contributed by atoms with Gasteiger partial charge in [-0.05, 0) is 87.9 Å². The number of aldehydes is 2. The number of ether oxygens (including phenoxy) is 2. The van der Waals surface area contributed by atoms with Gasteiger partial charge in [-0.25, -0.2) is 0 Å². The highest BCUT2D eigenvalue weighted by molar-refractivity contribution is 5.77. The molecule has 0 radical (unpaired) electrons. The molecule has 0 bridgehead atoms. The molecule has 2 amide bonds. The Bertz CT molecular complexity index is 1660. The van der Waals surface area contributed by atoms with Gasteiger partial charge in [0.2, 0.25) is 11.8 Å². The molecule has 0 spiro atoms. The molecule has 10 nitrogen and oxygen atoms in total. The fraction of sp³-hybridized carbons (Fsp3) is 0.930. The smallest absolute Gasteiger partial charge is 0.305 e. The predicted octanol–water partition coefficient (Wildman–Crippen LogP) is 25.8. The van der Waals surface area contributed by atoms with Gasteiger partial charge in [-0.3, -0.25) is 19.2 Å². The molecule has 0 heterocycles. The summed E-state index contributed by atoms with van der Waals surface area (Å²) in [5.74, 6) is 3.42. The van der Waals surface area contributed by atoms with Crippen molar-refractivity contribution in [1.29, 1.82) is 0 Å². The average molecular weight is 1350 g/mol. The summed E-state index contributed by atoms with van der Waals surface area (Å²) < 4.78 is 10.8. The van der Waals surface area contributed by atoms with Crippen LogP contribution < -0.4 is 10.6 Å². The summed E-state index contributed by atoms with van der Waals surface area (Å²) in [5.41, 5.74) is 0. The molecular formula is C86H164N2O8. The van der Waals surface area contributed by atoms with Crippen LogP contribution in [-0.4, -0.2) is 62.6 Å². The van der Waals surface area contributed by atoms with Gasteiger partial charge in [0, 0.05) is 51.6 Å². The van der Waals surface area contributed by atoms with Crippen molar-refractivity contribution >= 4 is 36.3 Å². The summed E-state index contributed by atoms with van der Waals surface area (Å²) in [7, 11) is 0. The van der Waals surface area contributed by atoms with Crippen LogP contribution in [0.3, 0.4) is 0 Å². The summed E-state index contributed by atoms with van der Waals surface area (Å²) in [6, 6.07) is 0. The maximum atomic E-state index is 12.7. The maximum Gasteiger partial charge on any atom is 0.305 e. The molecule has 566 valence electrons. The molecule has 0 aliphatic carbocycles. The highest BCUT2D eigenvalue weighted by Gasteiger charge is 2.23. The van der Waals surface area contributed by atoms with Crippen LogP contribution in [0.2, 0.25) is 0 Å². The molecule has 0 saturated heterocycles. The fourth-order valence-electron chi connectivity index (χ4n) is 14.9. The monoisotopic (exact) mass is 1350 g/mol. The number of carbonyl (C=O) groups excluding carboxylic acids is 6. The second kappa shape index (κ2) is 77.9. The van der Waals surface area contributed by atoms with Crippen molar-refractivity contribution in [1.82, 2.24) is 10.6 Å². The van der Waals surface area contributed by atoms with Gasteiger partial charge in [-0.2, -0.15) is 0 Å². The van der Waals surface area contributed by atoms with Gasteiger partial charge in [-0.15, -0.1) is 0 Å². The number of esters is 2. The van der Waals surface area contributed by atoms with E-state index in [1.54, 1.807) is 0 Å². The molecule has 2 N–H and O–H groups in total. The zero-order valence-electron chi connectivity index (χ0n) is 64.6. The molecular weight excluding hydrogens is 1190 g/mol. The molecule has 0 aliphatic heterocycles. The highest BCUT2D eigenvalue weighted by Crippen LogP contribution is 2.36. The minimum atomic E-state index is -0.168. The van der Waals surface area contributed by atoms with E-state index in [1.165, 1.54) is 315 Å². The lowest BCUT2D eigenvalue weighted by atomic mass is 9.78. The first-order chi connectivity index (χ1) is 47.3. The molecule has 0 aromatic carbocycles. The summed E-state index contributed by atoms with van der Waals surface area (Å²) in [6.07, 6.45) is 83.6. The zero-order valence-corrected chi connectivity index (χ0v) is 64.6. The summed E-state index contributed by atoms with van der Waals surface area (Å²) in [6.45, 7) is 11.1. The molecule has 4 atom stereocenters. The van der Waals surface area contributed by atoms with Crippen molar-refractivity contribution in [2.75, 3.05) is 26.3 Å². The first-order valence-corrected chi connectivity index (χ1v) is 43.0. The number of amides is 2. The Labute approximate surface area is 596 Å². The van der Waals surface area contributed by atoms with E-state index in [4.69, 9.17) is 9.47 Å². The van der Waals surface area contributed by atoms with E-state index in [0.717, 1.165) is 126 Å². The van der Waals surface area contributed by atoms with Crippen molar-refractivity contribution in [3.63, 3.8) is 0 Å². The molecule has 0 saturated carbocycles. The van der Waals surface area contributed by atoms with Gasteiger partial charge >= 0.3 is 11.9 Å². The standard InChI is InChI=1S/C86H164N2O8/c1-5-9-13-17-30-45-61-79(65-49-34-22-21-29-41-57-75-89)80(62-46-31-18-14-10-6-2)66-50-35-23-26-38-53-69-83(91)87-73-74-88-84(92)70-54-39-27-24-36-51-67-81(63-47-32-19-15-11-7-3)82(64-48-33-20-16-12-8-4)68-52-37-25-28-40-55-71-85(93)96-78-60-44-56-72-86(94)95-77-59-43-42-58-76-90/h75-76,79-82H,5-74,77-78H2,1-4H3,(H,87,91)(H,88,92). The predicted molar refractivity (Wildman–Crippen MR) is 411 cm³/mol. The summed E-state index contributed by atoms with van der Waals surface area (Å²) in [4.78, 5) is 70.9. The van der Waals surface area contributed by atoms with Crippen LogP contribution in [0.4, 0.5) is 0 Å². The Morgan fingerprint density at radius 2 is 0.448 bits per heavy atom. The van der Waals surface area contributed by atoms with Crippen molar-refractivity contribution in [2.45, 2.75) is 464 Å². The van der Waals surface area contributed by atoms with Gasteiger partial charge in [0.05, 0.1) is 13.2 Å². The third kappa shape index (κ3) is 68.4. The van der Waals surface area contributed by atoms with Gasteiger partial charge < -0.3 is 29.7 Å². The highest BCUT2D eigenvalue weighted by atomic mass is 16.5. The topological polar surface area (TPSA) is 145 Å². The van der Waals surface area contributed by atoms with E-state index >= 15 is 0 Å². The summed E-state index contributed by atoms with van der Waals surface area (Å²) >= 11 is 0. The van der Waals surface area contributed by atoms with E-state index in [9.17, 15) is 28.8 Å². The fourth-order valence-corrected chi connectivity index (χ4v) is 14.9. The Hall–Kier alpha value is -2.78. The number of nitrogens with one attached hydrogen (secondary N) is 2. The molecule has 0 aromatic rings. The molecule has 10 heteroatoms. The van der Waals surface area contributed by atoms with Crippen LogP contribution in [0.5, 0.6) is 0 Å². The lowest BCUT2D eigenvalue weighted by Crippen LogP contribution is -2.34. The van der Waals surface area contributed by atoms with Gasteiger partial charge in [0.1, 0.15) is 12.6 Å². The number of carbonyl (C=O) groups is 6. The maximum absolute atomic E-state index is 12.7. The van der Waals surface area contributed by atoms with E-state index in [2.05, 4.69) is 38.3 Å². The number of hydrogen-bond donors (Lipinski definition) is 2. The Morgan fingerprint density at radius 1 is 0.250 bits per heavy atom. The van der Waals surface area contributed by atoms with Crippen LogP contribution in [0.25, 0.3) is 0 Å². The van der Waals surface area contributed by atoms with Crippen LogP contribution in [0, 0.1) is 23.7 Å². The van der Waals surface area contributed by atoms with Gasteiger partial charge in [0.25, 0.3) is 0 Å². The first kappa shape index (κ1) is 93.2. The molecule has 4 unspecified atom stereocenters. The van der Waals surface area contributed by atoms with Crippen LogP contribution >= 0.6 is 0 Å². The molecule has 0 rings (SSSR count). The Morgan fingerprint density at radius 3 is 0.698 bits per heavy atom. The molecule has 96 heavy (non-hydrogen) atoms. The minimum absolute atomic E-state index is 0.0955. The van der Waals surface area contributed by atoms with E-state index in [1.807, 2.05) is 0 Å². The van der Waals surface area contributed by atoms with Crippen molar-refractivity contribution in [3.05, 3.63) is 0 Å². The largest absolute Gasteiger partial charge is 0.466 e. The second-order valence-electron chi connectivity index (χ2n) is 30.1. The van der Waals surface area contributed by atoms with Crippen molar-refractivity contribution in [2.24, 2.45) is 23.7 Å². The first-order valence-electron chi connectivity index (χ1n) is 43.0. The van der Waals surface area contributed by atoms with E-state index < -0.39 is 0 Å². The van der Waals surface area contributed by atoms with Crippen LogP contribution in [-0.2, 0) is 38.2 Å². The van der Waals surface area contributed by atoms with E-state index in [0.29, 0.717) is 58.4 Å². The van der Waals surface area contributed by atoms with Crippen LogP contribution in [0.15, 0.2) is 0 Å². The average Bonchev–Trinajstić information content (AvgIpc) is 2.51. The number of rotatable bonds is 81. The molecule has 0 fully saturated rings. The second-order valence-corrected chi connectivity index (χ2v) is 30.1. The van der Waals surface area contributed by atoms with Crippen molar-refractivity contribution < 1.29 is 38.2 Å². The number of unbranched alkanes of at least 4 members (excludes halogenated alkanes) is 46. The zero-order chi connectivity index (χ0) is 69.8. The SMILES string of the molecule is CCCCCCCCC(CCCCCCCCC=O)C(CCCCCCCC)CCCCCCCCC(=O)NCCNC(=O)CCCCCCCCC(CCCCCCCC)C(CCCCCCCC)CCCCCCCCC(=O)OCCCCCC(=O)OCCCCCC=O. The lowest BCUT2D eigenvalue weighted by Gasteiger charge is -2.28. The van der Waals surface area contributed by atoms with Crippen molar-refractivity contribution in [3.8, 4) is 0 Å². The van der Waals surface area contributed by atoms with Crippen LogP contribution in [0.1, 0.15) is 464 Å². The lowest BCUT2D eigenvalue weighted by molar-refractivity contribution is -0.145. The molecule has 0 aromatic heterocycles. The van der Waals surface area contributed by atoms with Gasteiger partial charge in [0.15, 0.2) is 0 Å². The normalized spacial score (nSPS) is 12.8. The quantitative estimate of drug-likeness (QED) is 0.0348.